The number of aromatic nitrogens is 2. The third-order valence-corrected chi connectivity index (χ3v) is 5.17. The Hall–Kier alpha value is -3.41. The molecule has 0 aliphatic carbocycles. The molecular formula is C23H25N5O. The lowest BCUT2D eigenvalue weighted by Gasteiger charge is -2.15. The minimum absolute atomic E-state index is 0.256. The number of anilines is 3. The molecule has 4 rings (SSSR count). The Balaban J connectivity index is 1.39. The van der Waals surface area contributed by atoms with E-state index in [1.54, 1.807) is 0 Å². The Labute approximate surface area is 171 Å². The van der Waals surface area contributed by atoms with E-state index in [-0.39, 0.29) is 6.03 Å². The van der Waals surface area contributed by atoms with E-state index in [0.29, 0.717) is 0 Å². The molecule has 148 valence electrons. The Morgan fingerprint density at radius 3 is 2.38 bits per heavy atom. The lowest BCUT2D eigenvalue weighted by molar-refractivity contribution is 0.262. The number of nitrogens with zero attached hydrogens (tertiary/aromatic N) is 3. The van der Waals surface area contributed by atoms with Crippen LogP contribution in [0.3, 0.4) is 0 Å². The fourth-order valence-corrected chi connectivity index (χ4v) is 3.55. The summed E-state index contributed by atoms with van der Waals surface area (Å²) in [7, 11) is 0. The zero-order chi connectivity index (χ0) is 20.1. The lowest BCUT2D eigenvalue weighted by Crippen LogP contribution is -2.20. The Morgan fingerprint density at radius 2 is 1.69 bits per heavy atom. The summed E-state index contributed by atoms with van der Waals surface area (Å²) in [5, 5.41) is 14.5. The molecule has 0 radical (unpaired) electrons. The zero-order valence-corrected chi connectivity index (χ0v) is 16.6. The van der Waals surface area contributed by atoms with Gasteiger partial charge in [-0.05, 0) is 55.2 Å². The highest BCUT2D eigenvalue weighted by atomic mass is 16.2. The number of hydrogen-bond acceptors (Lipinski definition) is 4. The van der Waals surface area contributed by atoms with Gasteiger partial charge in [0, 0.05) is 30.0 Å². The van der Waals surface area contributed by atoms with Gasteiger partial charge in [-0.1, -0.05) is 37.3 Å². The van der Waals surface area contributed by atoms with Crippen LogP contribution in [-0.2, 0) is 6.42 Å². The predicted octanol–water partition coefficient (Wildman–Crippen LogP) is 4.95. The SMILES string of the molecule is CCc1ccccc1NC(=O)Nc1ccc(-c2ccc(N3CCCC3)nn2)cc1. The van der Waals surface area contributed by atoms with Crippen molar-refractivity contribution in [3.63, 3.8) is 0 Å². The highest BCUT2D eigenvalue weighted by Crippen LogP contribution is 2.23. The van der Waals surface area contributed by atoms with Crippen molar-refractivity contribution in [3.05, 3.63) is 66.2 Å². The molecule has 1 aromatic heterocycles. The molecule has 0 saturated carbocycles. The van der Waals surface area contributed by atoms with E-state index in [1.165, 1.54) is 12.8 Å². The largest absolute Gasteiger partial charge is 0.355 e. The summed E-state index contributed by atoms with van der Waals surface area (Å²) in [6.07, 6.45) is 3.30. The number of amides is 2. The second-order valence-corrected chi connectivity index (χ2v) is 7.14. The first-order chi connectivity index (χ1) is 14.2. The van der Waals surface area contributed by atoms with Crippen molar-refractivity contribution in [2.24, 2.45) is 0 Å². The maximum absolute atomic E-state index is 12.3. The standard InChI is InChI=1S/C23H25N5O/c1-2-17-7-3-4-8-20(17)25-23(29)24-19-11-9-18(10-12-19)21-13-14-22(27-26-21)28-15-5-6-16-28/h3-4,7-14H,2,5-6,15-16H2,1H3,(H2,24,25,29). The van der Waals surface area contributed by atoms with Crippen LogP contribution in [0.1, 0.15) is 25.3 Å². The second-order valence-electron chi connectivity index (χ2n) is 7.14. The molecule has 1 saturated heterocycles. The fraction of sp³-hybridized carbons (Fsp3) is 0.261. The van der Waals surface area contributed by atoms with Crippen LogP contribution < -0.4 is 15.5 Å². The van der Waals surface area contributed by atoms with Crippen molar-refractivity contribution < 1.29 is 4.79 Å². The van der Waals surface area contributed by atoms with E-state index in [4.69, 9.17) is 0 Å². The number of para-hydroxylation sites is 1. The second kappa shape index (κ2) is 8.73. The van der Waals surface area contributed by atoms with Crippen LogP contribution in [0.15, 0.2) is 60.7 Å². The maximum Gasteiger partial charge on any atom is 0.323 e. The molecule has 2 N–H and O–H groups in total. The molecule has 2 amide bonds. The number of aryl methyl sites for hydroxylation is 1. The highest BCUT2D eigenvalue weighted by Gasteiger charge is 2.14. The summed E-state index contributed by atoms with van der Waals surface area (Å²) in [6, 6.07) is 19.2. The molecule has 2 heterocycles. The summed E-state index contributed by atoms with van der Waals surface area (Å²) in [4.78, 5) is 14.6. The van der Waals surface area contributed by atoms with E-state index in [2.05, 4.69) is 32.7 Å². The molecule has 2 aromatic carbocycles. The number of benzene rings is 2. The van der Waals surface area contributed by atoms with Crippen molar-refractivity contribution in [2.75, 3.05) is 28.6 Å². The normalized spacial score (nSPS) is 13.3. The zero-order valence-electron chi connectivity index (χ0n) is 16.6. The first-order valence-electron chi connectivity index (χ1n) is 10.1. The number of carbonyl (C=O) groups excluding carboxylic acids is 1. The van der Waals surface area contributed by atoms with E-state index in [9.17, 15) is 4.79 Å². The van der Waals surface area contributed by atoms with E-state index in [1.807, 2.05) is 60.7 Å². The molecule has 0 spiro atoms. The molecular weight excluding hydrogens is 362 g/mol. The molecule has 0 unspecified atom stereocenters. The topological polar surface area (TPSA) is 70.2 Å². The third kappa shape index (κ3) is 4.54. The average Bonchev–Trinajstić information content (AvgIpc) is 3.30. The molecule has 1 aliphatic rings. The fourth-order valence-electron chi connectivity index (χ4n) is 3.55. The summed E-state index contributed by atoms with van der Waals surface area (Å²) < 4.78 is 0. The summed E-state index contributed by atoms with van der Waals surface area (Å²) >= 11 is 0. The van der Waals surface area contributed by atoms with Crippen molar-refractivity contribution >= 4 is 23.2 Å². The number of rotatable bonds is 5. The number of carbonyl (C=O) groups is 1. The Kier molecular flexibility index (Phi) is 5.70. The van der Waals surface area contributed by atoms with Gasteiger partial charge in [0.05, 0.1) is 5.69 Å². The third-order valence-electron chi connectivity index (χ3n) is 5.17. The lowest BCUT2D eigenvalue weighted by atomic mass is 10.1. The van der Waals surface area contributed by atoms with Crippen LogP contribution >= 0.6 is 0 Å². The molecule has 29 heavy (non-hydrogen) atoms. The van der Waals surface area contributed by atoms with Crippen LogP contribution in [-0.4, -0.2) is 29.3 Å². The minimum atomic E-state index is -0.256. The quantitative estimate of drug-likeness (QED) is 0.650. The summed E-state index contributed by atoms with van der Waals surface area (Å²) in [5.74, 6) is 0.938. The average molecular weight is 387 g/mol. The van der Waals surface area contributed by atoms with Gasteiger partial charge in [-0.2, -0.15) is 0 Å². The van der Waals surface area contributed by atoms with Crippen molar-refractivity contribution in [1.29, 1.82) is 0 Å². The van der Waals surface area contributed by atoms with Gasteiger partial charge in [0.15, 0.2) is 5.82 Å². The van der Waals surface area contributed by atoms with Crippen LogP contribution in [0.5, 0.6) is 0 Å². The van der Waals surface area contributed by atoms with Gasteiger partial charge in [-0.25, -0.2) is 4.79 Å². The van der Waals surface area contributed by atoms with Gasteiger partial charge in [-0.3, -0.25) is 0 Å². The van der Waals surface area contributed by atoms with E-state index in [0.717, 1.165) is 53.5 Å². The molecule has 0 atom stereocenters. The smallest absolute Gasteiger partial charge is 0.323 e. The van der Waals surface area contributed by atoms with Gasteiger partial charge >= 0.3 is 6.03 Å². The maximum atomic E-state index is 12.3. The Bertz CT molecular complexity index is 963. The molecule has 3 aromatic rings. The summed E-state index contributed by atoms with van der Waals surface area (Å²) in [5.41, 5.74) is 4.45. The summed E-state index contributed by atoms with van der Waals surface area (Å²) in [6.45, 7) is 4.18. The molecule has 0 bridgehead atoms. The van der Waals surface area contributed by atoms with Crippen molar-refractivity contribution in [1.82, 2.24) is 10.2 Å². The van der Waals surface area contributed by atoms with Gasteiger partial charge in [0.25, 0.3) is 0 Å². The van der Waals surface area contributed by atoms with Gasteiger partial charge in [0.2, 0.25) is 0 Å². The Morgan fingerprint density at radius 1 is 0.931 bits per heavy atom. The minimum Gasteiger partial charge on any atom is -0.355 e. The number of hydrogen-bond donors (Lipinski definition) is 2. The first kappa shape index (κ1) is 18.9. The first-order valence-corrected chi connectivity index (χ1v) is 10.1. The predicted molar refractivity (Wildman–Crippen MR) is 117 cm³/mol. The van der Waals surface area contributed by atoms with Gasteiger partial charge in [-0.15, -0.1) is 10.2 Å². The van der Waals surface area contributed by atoms with Gasteiger partial charge < -0.3 is 15.5 Å². The molecule has 6 heteroatoms. The molecule has 1 aliphatic heterocycles. The number of urea groups is 1. The van der Waals surface area contributed by atoms with Crippen LogP contribution in [0.2, 0.25) is 0 Å². The van der Waals surface area contributed by atoms with Crippen molar-refractivity contribution in [2.45, 2.75) is 26.2 Å². The highest BCUT2D eigenvalue weighted by molar-refractivity contribution is 6.00. The molecule has 1 fully saturated rings. The van der Waals surface area contributed by atoms with Gasteiger partial charge in [0.1, 0.15) is 0 Å². The molecule has 6 nitrogen and oxygen atoms in total. The van der Waals surface area contributed by atoms with E-state index >= 15 is 0 Å². The van der Waals surface area contributed by atoms with Crippen LogP contribution in [0, 0.1) is 0 Å². The number of nitrogens with one attached hydrogen (secondary N) is 2. The van der Waals surface area contributed by atoms with Crippen LogP contribution in [0.4, 0.5) is 22.0 Å². The monoisotopic (exact) mass is 387 g/mol. The van der Waals surface area contributed by atoms with Crippen LogP contribution in [0.25, 0.3) is 11.3 Å². The van der Waals surface area contributed by atoms with Crippen molar-refractivity contribution in [3.8, 4) is 11.3 Å². The van der Waals surface area contributed by atoms with E-state index < -0.39 is 0 Å².